The number of nitrogens with zero attached hydrogens (tertiary/aromatic N) is 1. The molecule has 2 aliphatic heterocycles. The van der Waals surface area contributed by atoms with Crippen LogP contribution < -0.4 is 5.32 Å². The zero-order chi connectivity index (χ0) is 13.3. The molecule has 1 N–H and O–H groups in total. The number of carbonyl (C=O) groups is 1. The first-order chi connectivity index (χ1) is 8.50. The monoisotopic (exact) mass is 254 g/mol. The van der Waals surface area contributed by atoms with Crippen molar-refractivity contribution in [3.8, 4) is 0 Å². The van der Waals surface area contributed by atoms with Gasteiger partial charge in [0.25, 0.3) is 0 Å². The van der Waals surface area contributed by atoms with E-state index in [-0.39, 0.29) is 24.2 Å². The van der Waals surface area contributed by atoms with Gasteiger partial charge in [-0.2, -0.15) is 0 Å². The summed E-state index contributed by atoms with van der Waals surface area (Å²) in [6.07, 6.45) is 2.15. The third-order valence-corrected chi connectivity index (χ3v) is 4.21. The molecular weight excluding hydrogens is 228 g/mol. The van der Waals surface area contributed by atoms with Crippen LogP contribution in [0.2, 0.25) is 0 Å². The van der Waals surface area contributed by atoms with E-state index < -0.39 is 0 Å². The minimum absolute atomic E-state index is 0.00442. The van der Waals surface area contributed by atoms with Gasteiger partial charge in [0.15, 0.2) is 0 Å². The van der Waals surface area contributed by atoms with Gasteiger partial charge in [-0.25, -0.2) is 0 Å². The lowest BCUT2D eigenvalue weighted by molar-refractivity contribution is -0.133. The molecule has 4 nitrogen and oxygen atoms in total. The van der Waals surface area contributed by atoms with Crippen molar-refractivity contribution in [1.29, 1.82) is 0 Å². The average Bonchev–Trinajstić information content (AvgIpc) is 2.87. The minimum Gasteiger partial charge on any atom is -0.381 e. The van der Waals surface area contributed by atoms with Crippen molar-refractivity contribution >= 4 is 5.91 Å². The molecule has 0 spiro atoms. The maximum absolute atomic E-state index is 12.5. The SMILES string of the molecule is CC(C)CC1NC(C)N(C(C)C2CCOC2)C1=O. The predicted octanol–water partition coefficient (Wildman–Crippen LogP) is 1.60. The summed E-state index contributed by atoms with van der Waals surface area (Å²) in [7, 11) is 0. The first kappa shape index (κ1) is 13.8. The second-order valence-corrected chi connectivity index (χ2v) is 6.13. The van der Waals surface area contributed by atoms with Crippen molar-refractivity contribution in [2.75, 3.05) is 13.2 Å². The topological polar surface area (TPSA) is 41.6 Å². The third kappa shape index (κ3) is 2.69. The van der Waals surface area contributed by atoms with Gasteiger partial charge in [0.05, 0.1) is 18.8 Å². The molecule has 0 aromatic rings. The molecule has 2 aliphatic rings. The Morgan fingerprint density at radius 1 is 1.44 bits per heavy atom. The summed E-state index contributed by atoms with van der Waals surface area (Å²) < 4.78 is 5.44. The molecule has 0 aliphatic carbocycles. The van der Waals surface area contributed by atoms with E-state index in [2.05, 4.69) is 33.0 Å². The lowest BCUT2D eigenvalue weighted by Crippen LogP contribution is -2.45. The van der Waals surface area contributed by atoms with Gasteiger partial charge in [0, 0.05) is 18.6 Å². The highest BCUT2D eigenvalue weighted by Crippen LogP contribution is 2.26. The Labute approximate surface area is 110 Å². The molecule has 1 amide bonds. The first-order valence-corrected chi connectivity index (χ1v) is 7.16. The van der Waals surface area contributed by atoms with Gasteiger partial charge in [-0.1, -0.05) is 13.8 Å². The number of nitrogens with one attached hydrogen (secondary N) is 1. The van der Waals surface area contributed by atoms with E-state index in [1.54, 1.807) is 0 Å². The van der Waals surface area contributed by atoms with Crippen LogP contribution in [0.3, 0.4) is 0 Å². The number of carbonyl (C=O) groups excluding carboxylic acids is 1. The number of rotatable bonds is 4. The summed E-state index contributed by atoms with van der Waals surface area (Å²) in [4.78, 5) is 14.5. The Morgan fingerprint density at radius 2 is 2.17 bits per heavy atom. The van der Waals surface area contributed by atoms with Crippen molar-refractivity contribution in [2.45, 2.75) is 58.8 Å². The van der Waals surface area contributed by atoms with E-state index in [1.807, 2.05) is 4.90 Å². The molecule has 2 fully saturated rings. The van der Waals surface area contributed by atoms with Crippen LogP contribution in [-0.4, -0.2) is 42.3 Å². The maximum atomic E-state index is 12.5. The van der Waals surface area contributed by atoms with Gasteiger partial charge in [-0.05, 0) is 32.6 Å². The highest BCUT2D eigenvalue weighted by molar-refractivity contribution is 5.84. The highest BCUT2D eigenvalue weighted by atomic mass is 16.5. The molecule has 0 bridgehead atoms. The third-order valence-electron chi connectivity index (χ3n) is 4.21. The zero-order valence-corrected chi connectivity index (χ0v) is 12.0. The van der Waals surface area contributed by atoms with Crippen molar-refractivity contribution in [1.82, 2.24) is 10.2 Å². The van der Waals surface area contributed by atoms with Crippen molar-refractivity contribution in [2.24, 2.45) is 11.8 Å². The molecule has 4 atom stereocenters. The van der Waals surface area contributed by atoms with Crippen LogP contribution in [0.25, 0.3) is 0 Å². The van der Waals surface area contributed by atoms with E-state index in [4.69, 9.17) is 4.74 Å². The van der Waals surface area contributed by atoms with E-state index >= 15 is 0 Å². The number of hydrogen-bond donors (Lipinski definition) is 1. The molecule has 18 heavy (non-hydrogen) atoms. The fraction of sp³-hybridized carbons (Fsp3) is 0.929. The van der Waals surface area contributed by atoms with E-state index in [9.17, 15) is 4.79 Å². The Morgan fingerprint density at radius 3 is 2.72 bits per heavy atom. The smallest absolute Gasteiger partial charge is 0.241 e. The van der Waals surface area contributed by atoms with Gasteiger partial charge < -0.3 is 9.64 Å². The second-order valence-electron chi connectivity index (χ2n) is 6.13. The quantitative estimate of drug-likeness (QED) is 0.828. The summed E-state index contributed by atoms with van der Waals surface area (Å²) in [5, 5.41) is 3.42. The fourth-order valence-electron chi connectivity index (χ4n) is 3.17. The Balaban J connectivity index is 2.01. The first-order valence-electron chi connectivity index (χ1n) is 7.16. The van der Waals surface area contributed by atoms with Gasteiger partial charge in [-0.3, -0.25) is 10.1 Å². The van der Waals surface area contributed by atoms with Gasteiger partial charge in [-0.15, -0.1) is 0 Å². The molecule has 0 aromatic carbocycles. The minimum atomic E-state index is 0.00442. The van der Waals surface area contributed by atoms with Crippen LogP contribution in [0.4, 0.5) is 0 Å². The van der Waals surface area contributed by atoms with E-state index in [1.165, 1.54) is 0 Å². The second kappa shape index (κ2) is 5.57. The van der Waals surface area contributed by atoms with E-state index in [0.29, 0.717) is 11.8 Å². The molecule has 0 radical (unpaired) electrons. The van der Waals surface area contributed by atoms with E-state index in [0.717, 1.165) is 26.1 Å². The summed E-state index contributed by atoms with van der Waals surface area (Å²) >= 11 is 0. The van der Waals surface area contributed by atoms with Crippen LogP contribution in [0, 0.1) is 11.8 Å². The average molecular weight is 254 g/mol. The maximum Gasteiger partial charge on any atom is 0.241 e. The molecule has 2 rings (SSSR count). The number of ether oxygens (including phenoxy) is 1. The van der Waals surface area contributed by atoms with Crippen molar-refractivity contribution < 1.29 is 9.53 Å². The molecule has 4 heteroatoms. The predicted molar refractivity (Wildman–Crippen MR) is 71.1 cm³/mol. The highest BCUT2D eigenvalue weighted by Gasteiger charge is 2.41. The number of hydrogen-bond acceptors (Lipinski definition) is 3. The summed E-state index contributed by atoms with van der Waals surface area (Å²) in [6, 6.07) is 0.282. The fourth-order valence-corrected chi connectivity index (χ4v) is 3.17. The van der Waals surface area contributed by atoms with Crippen LogP contribution in [0.1, 0.15) is 40.5 Å². The van der Waals surface area contributed by atoms with Crippen LogP contribution >= 0.6 is 0 Å². The summed E-state index contributed by atoms with van der Waals surface area (Å²) in [5.41, 5.74) is 0. The largest absolute Gasteiger partial charge is 0.381 e. The molecule has 2 heterocycles. The molecule has 0 saturated carbocycles. The van der Waals surface area contributed by atoms with Gasteiger partial charge >= 0.3 is 0 Å². The standard InChI is InChI=1S/C14H26N2O2/c1-9(2)7-13-14(17)16(11(4)15-13)10(3)12-5-6-18-8-12/h9-13,15H,5-8H2,1-4H3. The van der Waals surface area contributed by atoms with Gasteiger partial charge in [0.1, 0.15) is 0 Å². The van der Waals surface area contributed by atoms with Crippen LogP contribution in [0.5, 0.6) is 0 Å². The molecule has 2 saturated heterocycles. The lowest BCUT2D eigenvalue weighted by Gasteiger charge is -2.31. The molecule has 0 aromatic heterocycles. The van der Waals surface area contributed by atoms with Crippen LogP contribution in [-0.2, 0) is 9.53 Å². The molecular formula is C14H26N2O2. The lowest BCUT2D eigenvalue weighted by atomic mass is 9.98. The Hall–Kier alpha value is -0.610. The number of amides is 1. The Bertz CT molecular complexity index is 300. The van der Waals surface area contributed by atoms with Crippen molar-refractivity contribution in [3.05, 3.63) is 0 Å². The Kier molecular flexibility index (Phi) is 4.28. The van der Waals surface area contributed by atoms with Crippen LogP contribution in [0.15, 0.2) is 0 Å². The zero-order valence-electron chi connectivity index (χ0n) is 12.0. The van der Waals surface area contributed by atoms with Crippen molar-refractivity contribution in [3.63, 3.8) is 0 Å². The normalized spacial score (nSPS) is 34.6. The molecule has 104 valence electrons. The summed E-state index contributed by atoms with van der Waals surface area (Å²) in [5.74, 6) is 1.32. The summed E-state index contributed by atoms with van der Waals surface area (Å²) in [6.45, 7) is 10.2. The molecule has 4 unspecified atom stereocenters. The van der Waals surface area contributed by atoms with Gasteiger partial charge in [0.2, 0.25) is 5.91 Å².